The molecule has 176 valence electrons. The molecule has 33 heavy (non-hydrogen) atoms. The van der Waals surface area contributed by atoms with E-state index in [1.54, 1.807) is 24.3 Å². The number of aromatic nitrogens is 2. The molecule has 0 aliphatic carbocycles. The molecule has 0 atom stereocenters. The SMILES string of the molecule is COc1ccc(C(=O)Nc2nnc(S(=O)(=O)N(CC(C)C)c3ccc(C)cc3)s2)cc1OC. The molecule has 0 aliphatic rings. The van der Waals surface area contributed by atoms with E-state index in [0.717, 1.165) is 16.9 Å². The van der Waals surface area contributed by atoms with Crippen LogP contribution < -0.4 is 19.1 Å². The minimum Gasteiger partial charge on any atom is -0.493 e. The van der Waals surface area contributed by atoms with E-state index in [9.17, 15) is 13.2 Å². The van der Waals surface area contributed by atoms with Crippen molar-refractivity contribution in [2.45, 2.75) is 25.1 Å². The number of amides is 1. The minimum atomic E-state index is -3.97. The molecule has 1 aromatic heterocycles. The van der Waals surface area contributed by atoms with Gasteiger partial charge in [-0.25, -0.2) is 0 Å². The lowest BCUT2D eigenvalue weighted by Gasteiger charge is -2.24. The fourth-order valence-corrected chi connectivity index (χ4v) is 5.62. The van der Waals surface area contributed by atoms with E-state index in [2.05, 4.69) is 15.5 Å². The van der Waals surface area contributed by atoms with Gasteiger partial charge < -0.3 is 9.47 Å². The molecule has 3 rings (SSSR count). The topological polar surface area (TPSA) is 111 Å². The average Bonchev–Trinajstić information content (AvgIpc) is 3.26. The van der Waals surface area contributed by atoms with Crippen LogP contribution in [0.1, 0.15) is 29.8 Å². The summed E-state index contributed by atoms with van der Waals surface area (Å²) >= 11 is 0.794. The van der Waals surface area contributed by atoms with Gasteiger partial charge in [0.2, 0.25) is 5.13 Å². The van der Waals surface area contributed by atoms with Crippen molar-refractivity contribution < 1.29 is 22.7 Å². The summed E-state index contributed by atoms with van der Waals surface area (Å²) in [4.78, 5) is 12.6. The van der Waals surface area contributed by atoms with Crippen LogP contribution in [0.5, 0.6) is 11.5 Å². The summed E-state index contributed by atoms with van der Waals surface area (Å²) < 4.78 is 38.2. The standard InChI is InChI=1S/C22H26N4O5S2/c1-14(2)13-26(17-9-6-15(3)7-10-17)33(28,29)22-25-24-21(32-22)23-20(27)16-8-11-18(30-4)19(12-16)31-5/h6-12,14H,13H2,1-5H3,(H,23,24,27). The number of methoxy groups -OCH3 is 2. The number of anilines is 2. The maximum Gasteiger partial charge on any atom is 0.293 e. The second-order valence-corrected chi connectivity index (χ2v) is 10.7. The van der Waals surface area contributed by atoms with Gasteiger partial charge in [0.05, 0.1) is 19.9 Å². The molecule has 0 radical (unpaired) electrons. The highest BCUT2D eigenvalue weighted by Crippen LogP contribution is 2.30. The van der Waals surface area contributed by atoms with Gasteiger partial charge in [-0.3, -0.25) is 14.4 Å². The van der Waals surface area contributed by atoms with Crippen LogP contribution in [0.15, 0.2) is 46.8 Å². The van der Waals surface area contributed by atoms with Crippen molar-refractivity contribution in [1.82, 2.24) is 10.2 Å². The summed E-state index contributed by atoms with van der Waals surface area (Å²) in [6.07, 6.45) is 0. The predicted octanol–water partition coefficient (Wildman–Crippen LogP) is 3.97. The summed E-state index contributed by atoms with van der Waals surface area (Å²) in [6, 6.07) is 11.9. The second kappa shape index (κ2) is 10.2. The van der Waals surface area contributed by atoms with Crippen LogP contribution >= 0.6 is 11.3 Å². The molecule has 1 amide bonds. The molecule has 0 fully saturated rings. The lowest BCUT2D eigenvalue weighted by molar-refractivity contribution is 0.102. The molecule has 9 nitrogen and oxygen atoms in total. The molecule has 11 heteroatoms. The molecule has 0 saturated heterocycles. The van der Waals surface area contributed by atoms with E-state index in [0.29, 0.717) is 22.7 Å². The Morgan fingerprint density at radius 2 is 1.73 bits per heavy atom. The first-order valence-electron chi connectivity index (χ1n) is 10.1. The largest absolute Gasteiger partial charge is 0.493 e. The number of rotatable bonds is 9. The zero-order valence-electron chi connectivity index (χ0n) is 19.0. The number of aryl methyl sites for hydroxylation is 1. The summed E-state index contributed by atoms with van der Waals surface area (Å²) in [5.41, 5.74) is 1.87. The minimum absolute atomic E-state index is 0.0711. The van der Waals surface area contributed by atoms with E-state index < -0.39 is 15.9 Å². The van der Waals surface area contributed by atoms with E-state index in [1.807, 2.05) is 32.9 Å². The molecule has 0 bridgehead atoms. The van der Waals surface area contributed by atoms with Gasteiger partial charge in [0.25, 0.3) is 20.3 Å². The van der Waals surface area contributed by atoms with Crippen LogP contribution in [-0.4, -0.2) is 45.3 Å². The highest BCUT2D eigenvalue weighted by atomic mass is 32.2. The Hall–Kier alpha value is -3.18. The van der Waals surface area contributed by atoms with E-state index in [-0.39, 0.29) is 21.9 Å². The zero-order chi connectivity index (χ0) is 24.2. The molecular formula is C22H26N4O5S2. The van der Waals surface area contributed by atoms with Crippen molar-refractivity contribution in [3.8, 4) is 11.5 Å². The Bertz CT molecular complexity index is 1220. The summed E-state index contributed by atoms with van der Waals surface area (Å²) in [6.45, 7) is 6.08. The molecule has 2 aromatic carbocycles. The maximum absolute atomic E-state index is 13.4. The van der Waals surface area contributed by atoms with Gasteiger partial charge in [0.15, 0.2) is 11.5 Å². The number of nitrogens with zero attached hydrogens (tertiary/aromatic N) is 3. The van der Waals surface area contributed by atoms with Crippen molar-refractivity contribution in [2.24, 2.45) is 5.92 Å². The number of ether oxygens (including phenoxy) is 2. The number of hydrogen-bond acceptors (Lipinski definition) is 8. The lowest BCUT2D eigenvalue weighted by atomic mass is 10.2. The predicted molar refractivity (Wildman–Crippen MR) is 128 cm³/mol. The Balaban J connectivity index is 1.85. The second-order valence-electron chi connectivity index (χ2n) is 7.66. The van der Waals surface area contributed by atoms with E-state index >= 15 is 0 Å². The van der Waals surface area contributed by atoms with Crippen molar-refractivity contribution in [3.05, 3.63) is 53.6 Å². The van der Waals surface area contributed by atoms with E-state index in [1.165, 1.54) is 24.6 Å². The molecule has 0 saturated carbocycles. The molecule has 0 aliphatic heterocycles. The van der Waals surface area contributed by atoms with Gasteiger partial charge in [-0.1, -0.05) is 42.9 Å². The monoisotopic (exact) mass is 490 g/mol. The quantitative estimate of drug-likeness (QED) is 0.452. The Labute approximate surface area is 197 Å². The van der Waals surface area contributed by atoms with Crippen LogP contribution in [-0.2, 0) is 10.0 Å². The number of sulfonamides is 1. The molecule has 1 N–H and O–H groups in total. The highest BCUT2D eigenvalue weighted by molar-refractivity contribution is 7.94. The fourth-order valence-electron chi connectivity index (χ4n) is 2.99. The third kappa shape index (κ3) is 5.60. The van der Waals surface area contributed by atoms with E-state index in [4.69, 9.17) is 9.47 Å². The number of hydrogen-bond donors (Lipinski definition) is 1. The summed E-state index contributed by atoms with van der Waals surface area (Å²) in [5, 5.41) is 10.4. The van der Waals surface area contributed by atoms with Crippen LogP contribution in [0.3, 0.4) is 0 Å². The lowest BCUT2D eigenvalue weighted by Crippen LogP contribution is -2.34. The van der Waals surface area contributed by atoms with Crippen LogP contribution in [0.4, 0.5) is 10.8 Å². The molecule has 0 unspecified atom stereocenters. The number of carbonyl (C=O) groups is 1. The third-order valence-corrected chi connectivity index (χ3v) is 7.61. The number of nitrogens with one attached hydrogen (secondary N) is 1. The first kappa shape index (κ1) is 24.5. The van der Waals surface area contributed by atoms with Gasteiger partial charge in [-0.05, 0) is 43.2 Å². The van der Waals surface area contributed by atoms with Crippen molar-refractivity contribution in [2.75, 3.05) is 30.4 Å². The molecule has 0 spiro atoms. The average molecular weight is 491 g/mol. The molecule has 1 heterocycles. The van der Waals surface area contributed by atoms with Crippen LogP contribution in [0.2, 0.25) is 0 Å². The molecular weight excluding hydrogens is 464 g/mol. The van der Waals surface area contributed by atoms with Crippen molar-refractivity contribution in [3.63, 3.8) is 0 Å². The van der Waals surface area contributed by atoms with Gasteiger partial charge in [-0.15, -0.1) is 10.2 Å². The van der Waals surface area contributed by atoms with Gasteiger partial charge in [-0.2, -0.15) is 8.42 Å². The normalized spacial score (nSPS) is 11.3. The van der Waals surface area contributed by atoms with Crippen molar-refractivity contribution in [1.29, 1.82) is 0 Å². The Morgan fingerprint density at radius 1 is 1.06 bits per heavy atom. The first-order valence-corrected chi connectivity index (χ1v) is 12.4. The van der Waals surface area contributed by atoms with Crippen LogP contribution in [0, 0.1) is 12.8 Å². The van der Waals surface area contributed by atoms with Gasteiger partial charge >= 0.3 is 0 Å². The highest BCUT2D eigenvalue weighted by Gasteiger charge is 2.30. The number of benzene rings is 2. The maximum atomic E-state index is 13.4. The zero-order valence-corrected chi connectivity index (χ0v) is 20.7. The van der Waals surface area contributed by atoms with Crippen LogP contribution in [0.25, 0.3) is 0 Å². The third-order valence-electron chi connectivity index (χ3n) is 4.64. The summed E-state index contributed by atoms with van der Waals surface area (Å²) in [7, 11) is -1.00. The Morgan fingerprint density at radius 3 is 2.33 bits per heavy atom. The fraction of sp³-hybridized carbons (Fsp3) is 0.318. The van der Waals surface area contributed by atoms with Crippen molar-refractivity contribution >= 4 is 38.1 Å². The van der Waals surface area contributed by atoms with Gasteiger partial charge in [0.1, 0.15) is 0 Å². The molecule has 3 aromatic rings. The number of carbonyl (C=O) groups excluding carboxylic acids is 1. The van der Waals surface area contributed by atoms with Gasteiger partial charge in [0, 0.05) is 12.1 Å². The smallest absolute Gasteiger partial charge is 0.293 e. The first-order chi connectivity index (χ1) is 15.6. The Kier molecular flexibility index (Phi) is 7.54. The summed E-state index contributed by atoms with van der Waals surface area (Å²) in [5.74, 6) is 0.486.